The number of phenols is 1. The monoisotopic (exact) mass is 294 g/mol. The van der Waals surface area contributed by atoms with Gasteiger partial charge in [0, 0.05) is 16.5 Å². The summed E-state index contributed by atoms with van der Waals surface area (Å²) in [5.74, 6) is 0.114. The van der Waals surface area contributed by atoms with Crippen molar-refractivity contribution in [3.05, 3.63) is 64.2 Å². The molecule has 0 radical (unpaired) electrons. The van der Waals surface area contributed by atoms with Gasteiger partial charge in [-0.3, -0.25) is 4.79 Å². The molecule has 0 bridgehead atoms. The highest BCUT2D eigenvalue weighted by molar-refractivity contribution is 6.40. The Morgan fingerprint density at radius 1 is 1.26 bits per heavy atom. The van der Waals surface area contributed by atoms with Crippen molar-refractivity contribution in [2.75, 3.05) is 0 Å². The number of hydrogen-bond donors (Lipinski definition) is 1. The predicted molar refractivity (Wildman–Crippen MR) is 77.6 cm³/mol. The summed E-state index contributed by atoms with van der Waals surface area (Å²) in [6.45, 7) is 0. The molecule has 1 aromatic rings. The van der Waals surface area contributed by atoms with Crippen molar-refractivity contribution in [3.63, 3.8) is 0 Å². The van der Waals surface area contributed by atoms with Crippen LogP contribution in [0.3, 0.4) is 0 Å². The van der Waals surface area contributed by atoms with Gasteiger partial charge in [0.1, 0.15) is 5.75 Å². The second-order valence-corrected chi connectivity index (χ2v) is 5.11. The molecule has 1 aromatic carbocycles. The third-order valence-electron chi connectivity index (χ3n) is 2.81. The molecule has 0 saturated heterocycles. The summed E-state index contributed by atoms with van der Waals surface area (Å²) in [6, 6.07) is 6.15. The van der Waals surface area contributed by atoms with Crippen LogP contribution >= 0.6 is 23.2 Å². The van der Waals surface area contributed by atoms with Crippen LogP contribution in [0.2, 0.25) is 0 Å². The maximum Gasteiger partial charge on any atom is 0.185 e. The van der Waals surface area contributed by atoms with Crippen LogP contribution in [0.1, 0.15) is 16.8 Å². The summed E-state index contributed by atoms with van der Waals surface area (Å²) in [5, 5.41) is 10.3. The van der Waals surface area contributed by atoms with Crippen molar-refractivity contribution < 1.29 is 9.90 Å². The average Bonchev–Trinajstić information content (AvgIpc) is 2.40. The molecule has 19 heavy (non-hydrogen) atoms. The molecule has 0 heterocycles. The third kappa shape index (κ3) is 3.72. The van der Waals surface area contributed by atoms with Gasteiger partial charge in [-0.25, -0.2) is 0 Å². The van der Waals surface area contributed by atoms with Crippen molar-refractivity contribution in [3.8, 4) is 5.75 Å². The molecule has 1 aliphatic rings. The number of aromatic hydroxyl groups is 1. The van der Waals surface area contributed by atoms with Gasteiger partial charge in [0.05, 0.1) is 5.03 Å². The Bertz CT molecular complexity index is 568. The number of halogens is 2. The molecule has 0 fully saturated rings. The van der Waals surface area contributed by atoms with E-state index in [4.69, 9.17) is 28.3 Å². The highest BCUT2D eigenvalue weighted by Gasteiger charge is 2.12. The third-order valence-corrected chi connectivity index (χ3v) is 3.62. The maximum absolute atomic E-state index is 11.9. The normalized spacial score (nSPS) is 19.2. The molecule has 0 aromatic heterocycles. The summed E-state index contributed by atoms with van der Waals surface area (Å²) in [7, 11) is 0. The smallest absolute Gasteiger partial charge is 0.185 e. The van der Waals surface area contributed by atoms with E-state index >= 15 is 0 Å². The lowest BCUT2D eigenvalue weighted by Crippen LogP contribution is -2.00. The fourth-order valence-corrected chi connectivity index (χ4v) is 2.13. The second-order valence-electron chi connectivity index (χ2n) is 4.25. The van der Waals surface area contributed by atoms with Crippen LogP contribution in [0, 0.1) is 5.92 Å². The SMILES string of the molecule is O=C(C=CC1C=CC(Cl)=C(Cl)C1)c1ccc(O)cc1. The summed E-state index contributed by atoms with van der Waals surface area (Å²) < 4.78 is 0. The van der Waals surface area contributed by atoms with Crippen molar-refractivity contribution >= 4 is 29.0 Å². The molecular formula is C15H12Cl2O2. The Morgan fingerprint density at radius 3 is 2.58 bits per heavy atom. The Balaban J connectivity index is 2.02. The largest absolute Gasteiger partial charge is 0.508 e. The van der Waals surface area contributed by atoms with Gasteiger partial charge in [-0.15, -0.1) is 0 Å². The van der Waals surface area contributed by atoms with E-state index in [9.17, 15) is 4.79 Å². The van der Waals surface area contributed by atoms with Gasteiger partial charge in [-0.2, -0.15) is 0 Å². The Labute approximate surface area is 121 Å². The fraction of sp³-hybridized carbons (Fsp3) is 0.133. The molecule has 0 saturated carbocycles. The standard InChI is InChI=1S/C15H12Cl2O2/c16-13-7-1-10(9-14(13)17)2-8-15(19)11-3-5-12(18)6-4-11/h1-8,10,18H,9H2. The Hall–Kier alpha value is -1.51. The van der Waals surface area contributed by atoms with E-state index in [1.807, 2.05) is 6.08 Å². The number of carbonyl (C=O) groups is 1. The van der Waals surface area contributed by atoms with Crippen LogP contribution in [-0.4, -0.2) is 10.9 Å². The highest BCUT2D eigenvalue weighted by atomic mass is 35.5. The minimum Gasteiger partial charge on any atom is -0.508 e. The zero-order valence-electron chi connectivity index (χ0n) is 10.0. The van der Waals surface area contributed by atoms with Crippen molar-refractivity contribution in [1.29, 1.82) is 0 Å². The topological polar surface area (TPSA) is 37.3 Å². The van der Waals surface area contributed by atoms with E-state index in [0.29, 0.717) is 22.0 Å². The van der Waals surface area contributed by atoms with Crippen LogP contribution < -0.4 is 0 Å². The maximum atomic E-state index is 11.9. The summed E-state index contributed by atoms with van der Waals surface area (Å²) in [5.41, 5.74) is 0.536. The molecule has 4 heteroatoms. The molecule has 0 spiro atoms. The number of allylic oxidation sites excluding steroid dienone is 6. The zero-order chi connectivity index (χ0) is 13.8. The van der Waals surface area contributed by atoms with E-state index in [-0.39, 0.29) is 17.5 Å². The Kier molecular flexibility index (Phi) is 4.46. The lowest BCUT2D eigenvalue weighted by atomic mass is 9.99. The van der Waals surface area contributed by atoms with E-state index in [2.05, 4.69) is 0 Å². The first kappa shape index (κ1) is 13.9. The molecule has 2 rings (SSSR count). The van der Waals surface area contributed by atoms with E-state index < -0.39 is 0 Å². The number of benzene rings is 1. The molecule has 1 aliphatic carbocycles. The van der Waals surface area contributed by atoms with Crippen molar-refractivity contribution in [1.82, 2.24) is 0 Å². The summed E-state index contributed by atoms with van der Waals surface area (Å²) >= 11 is 11.8. The summed E-state index contributed by atoms with van der Waals surface area (Å²) in [6.07, 6.45) is 7.58. The van der Waals surface area contributed by atoms with Gasteiger partial charge < -0.3 is 5.11 Å². The van der Waals surface area contributed by atoms with Gasteiger partial charge in [-0.1, -0.05) is 35.4 Å². The van der Waals surface area contributed by atoms with Crippen LogP contribution in [0.5, 0.6) is 5.75 Å². The lowest BCUT2D eigenvalue weighted by molar-refractivity contribution is 0.104. The molecule has 1 N–H and O–H groups in total. The van der Waals surface area contributed by atoms with Crippen molar-refractivity contribution in [2.45, 2.75) is 6.42 Å². The second kappa shape index (κ2) is 6.09. The first-order chi connectivity index (χ1) is 9.06. The molecule has 0 amide bonds. The summed E-state index contributed by atoms with van der Waals surface area (Å²) in [4.78, 5) is 11.9. The molecule has 1 atom stereocenters. The Morgan fingerprint density at radius 2 is 1.95 bits per heavy atom. The van der Waals surface area contributed by atoms with Gasteiger partial charge in [-0.05, 0) is 42.8 Å². The highest BCUT2D eigenvalue weighted by Crippen LogP contribution is 2.29. The number of ketones is 1. The molecule has 1 unspecified atom stereocenters. The number of phenolic OH excluding ortho intramolecular Hbond substituents is 1. The first-order valence-corrected chi connectivity index (χ1v) is 6.56. The van der Waals surface area contributed by atoms with Gasteiger partial charge >= 0.3 is 0 Å². The number of carbonyl (C=O) groups excluding carboxylic acids is 1. The van der Waals surface area contributed by atoms with Crippen molar-refractivity contribution in [2.24, 2.45) is 5.92 Å². The van der Waals surface area contributed by atoms with Crippen LogP contribution in [0.15, 0.2) is 58.6 Å². The van der Waals surface area contributed by atoms with Gasteiger partial charge in [0.15, 0.2) is 5.78 Å². The minimum atomic E-state index is -0.106. The predicted octanol–water partition coefficient (Wildman–Crippen LogP) is 4.40. The van der Waals surface area contributed by atoms with Crippen LogP contribution in [0.4, 0.5) is 0 Å². The van der Waals surface area contributed by atoms with Crippen LogP contribution in [0.25, 0.3) is 0 Å². The van der Waals surface area contributed by atoms with Crippen LogP contribution in [-0.2, 0) is 0 Å². The molecule has 98 valence electrons. The van der Waals surface area contributed by atoms with Gasteiger partial charge in [0.25, 0.3) is 0 Å². The molecular weight excluding hydrogens is 283 g/mol. The fourth-order valence-electron chi connectivity index (χ4n) is 1.74. The van der Waals surface area contributed by atoms with Gasteiger partial charge in [0.2, 0.25) is 0 Å². The molecule has 2 nitrogen and oxygen atoms in total. The first-order valence-electron chi connectivity index (χ1n) is 5.80. The quantitative estimate of drug-likeness (QED) is 0.663. The van der Waals surface area contributed by atoms with E-state index in [1.54, 1.807) is 24.3 Å². The zero-order valence-corrected chi connectivity index (χ0v) is 11.5. The van der Waals surface area contributed by atoms with E-state index in [0.717, 1.165) is 0 Å². The lowest BCUT2D eigenvalue weighted by Gasteiger charge is -2.12. The minimum absolute atomic E-state index is 0.0797. The average molecular weight is 295 g/mol. The van der Waals surface area contributed by atoms with E-state index in [1.165, 1.54) is 18.2 Å². The number of rotatable bonds is 3. The molecule has 0 aliphatic heterocycles. The number of hydrogen-bond acceptors (Lipinski definition) is 2.